The maximum absolute atomic E-state index is 9.17. The molecule has 2 nitrogen and oxygen atoms in total. The summed E-state index contributed by atoms with van der Waals surface area (Å²) in [6, 6.07) is 52.7. The summed E-state index contributed by atoms with van der Waals surface area (Å²) in [5.41, 5.74) is 6.31. The van der Waals surface area contributed by atoms with Crippen LogP contribution in [-0.2, 0) is 0 Å². The zero-order chi connectivity index (χ0) is 28.8. The van der Waals surface area contributed by atoms with Gasteiger partial charge in [0.1, 0.15) is 0 Å². The molecule has 0 atom stereocenters. The summed E-state index contributed by atoms with van der Waals surface area (Å²) in [6.45, 7) is 0. The van der Waals surface area contributed by atoms with Gasteiger partial charge >= 0.3 is 0 Å². The lowest BCUT2D eigenvalue weighted by atomic mass is 9.89. The van der Waals surface area contributed by atoms with Crippen LogP contribution in [0.1, 0.15) is 1.37 Å². The van der Waals surface area contributed by atoms with Gasteiger partial charge in [0.2, 0.25) is 0 Å². The first kappa shape index (κ1) is 23.1. The Morgan fingerprint density at radius 2 is 0.929 bits per heavy atom. The van der Waals surface area contributed by atoms with Crippen molar-refractivity contribution in [2.45, 2.75) is 0 Å². The smallest absolute Gasteiger partial charge is 0.160 e. The van der Waals surface area contributed by atoms with Gasteiger partial charge in [0.15, 0.2) is 5.82 Å². The fourth-order valence-electron chi connectivity index (χ4n) is 5.92. The molecule has 8 aromatic rings. The molecular weight excluding hydrogens is 508 g/mol. The van der Waals surface area contributed by atoms with Gasteiger partial charge < -0.3 is 0 Å². The molecule has 0 spiro atoms. The van der Waals surface area contributed by atoms with Crippen molar-refractivity contribution in [2.24, 2.45) is 0 Å². The average molecular weight is 536 g/mol. The Hall–Kier alpha value is -5.60. The molecule has 0 saturated heterocycles. The predicted molar refractivity (Wildman–Crippen MR) is 176 cm³/mol. The van der Waals surface area contributed by atoms with Crippen LogP contribution in [-0.4, -0.2) is 9.97 Å². The molecule has 0 saturated carbocycles. The number of aromatic nitrogens is 2. The predicted octanol–water partition coefficient (Wildman–Crippen LogP) is 10.6. The lowest BCUT2D eigenvalue weighted by Gasteiger charge is -2.15. The van der Waals surface area contributed by atoms with Gasteiger partial charge in [0.05, 0.1) is 12.8 Å². The third kappa shape index (κ3) is 4.22. The van der Waals surface area contributed by atoms with Crippen LogP contribution in [0.15, 0.2) is 158 Å². The minimum Gasteiger partial charge on any atom is -0.228 e. The summed E-state index contributed by atoms with van der Waals surface area (Å²) >= 11 is 0. The largest absolute Gasteiger partial charge is 0.228 e. The van der Waals surface area contributed by atoms with Crippen LogP contribution in [0.25, 0.3) is 77.3 Å². The molecule has 0 fully saturated rings. The number of nitrogens with zero attached hydrogens (tertiary/aromatic N) is 2. The molecule has 0 radical (unpaired) electrons. The van der Waals surface area contributed by atoms with Crippen molar-refractivity contribution in [3.8, 4) is 45.0 Å². The summed E-state index contributed by atoms with van der Waals surface area (Å²) in [7, 11) is 0. The zero-order valence-electron chi connectivity index (χ0n) is 23.8. The Morgan fingerprint density at radius 1 is 0.381 bits per heavy atom. The summed E-state index contributed by atoms with van der Waals surface area (Å²) in [5.74, 6) is 0.612. The number of hydrogen-bond donors (Lipinski definition) is 0. The van der Waals surface area contributed by atoms with Crippen molar-refractivity contribution in [1.29, 1.82) is 0 Å². The quantitative estimate of drug-likeness (QED) is 0.165. The lowest BCUT2D eigenvalue weighted by Crippen LogP contribution is -1.96. The van der Waals surface area contributed by atoms with E-state index in [1.54, 1.807) is 0 Å². The van der Waals surface area contributed by atoms with Gasteiger partial charge in [-0.05, 0) is 55.6 Å². The average Bonchev–Trinajstić information content (AvgIpc) is 3.08. The fraction of sp³-hybridized carbons (Fsp3) is 0. The molecule has 0 unspecified atom stereocenters. The molecule has 0 N–H and O–H groups in total. The van der Waals surface area contributed by atoms with Gasteiger partial charge in [0, 0.05) is 16.7 Å². The van der Waals surface area contributed by atoms with Gasteiger partial charge in [-0.25, -0.2) is 9.97 Å². The second kappa shape index (κ2) is 10.1. The highest BCUT2D eigenvalue weighted by atomic mass is 14.9. The lowest BCUT2D eigenvalue weighted by molar-refractivity contribution is 1.18. The van der Waals surface area contributed by atoms with Crippen LogP contribution in [0.2, 0.25) is 0 Å². The molecular formula is C40H26N2. The molecule has 2 heteroatoms. The van der Waals surface area contributed by atoms with E-state index < -0.39 is 0 Å². The highest BCUT2D eigenvalue weighted by Gasteiger charge is 2.14. The Morgan fingerprint density at radius 3 is 1.64 bits per heavy atom. The van der Waals surface area contributed by atoms with E-state index in [2.05, 4.69) is 91.0 Å². The van der Waals surface area contributed by atoms with Gasteiger partial charge in [-0.2, -0.15) is 0 Å². The van der Waals surface area contributed by atoms with E-state index in [0.29, 0.717) is 23.3 Å². The van der Waals surface area contributed by atoms with E-state index in [4.69, 9.17) is 11.3 Å². The van der Waals surface area contributed by atoms with Crippen molar-refractivity contribution < 1.29 is 1.37 Å². The molecule has 42 heavy (non-hydrogen) atoms. The van der Waals surface area contributed by atoms with Crippen LogP contribution >= 0.6 is 0 Å². The zero-order valence-corrected chi connectivity index (χ0v) is 22.8. The van der Waals surface area contributed by atoms with Crippen molar-refractivity contribution in [1.82, 2.24) is 9.97 Å². The molecule has 1 aromatic heterocycles. The highest BCUT2D eigenvalue weighted by molar-refractivity contribution is 6.20. The van der Waals surface area contributed by atoms with Gasteiger partial charge in [-0.1, -0.05) is 146 Å². The number of fused-ring (bicyclic) bond motifs is 4. The molecule has 7 aromatic carbocycles. The maximum Gasteiger partial charge on any atom is 0.160 e. The molecule has 1 heterocycles. The standard InChI is InChI=1S/C40H26N2/c1-3-12-28(13-4-1)37-26-38(42-40(41-37)31-14-5-2-6-15-31)29-19-21-30(22-20-29)39-34-18-10-8-16-32(34)25-36-33-17-9-7-11-27(33)23-24-35(36)39/h1-26H/i26D. The topological polar surface area (TPSA) is 25.8 Å². The first-order chi connectivity index (χ1) is 21.2. The number of hydrogen-bond acceptors (Lipinski definition) is 2. The van der Waals surface area contributed by atoms with E-state index in [9.17, 15) is 0 Å². The summed E-state index contributed by atoms with van der Waals surface area (Å²) < 4.78 is 9.17. The summed E-state index contributed by atoms with van der Waals surface area (Å²) in [5, 5.41) is 7.41. The second-order valence-electron chi connectivity index (χ2n) is 10.5. The normalized spacial score (nSPS) is 11.7. The van der Waals surface area contributed by atoms with Crippen LogP contribution < -0.4 is 0 Å². The molecule has 0 aliphatic heterocycles. The maximum atomic E-state index is 9.17. The Bertz CT molecular complexity index is 2280. The minimum atomic E-state index is 0.320. The highest BCUT2D eigenvalue weighted by Crippen LogP contribution is 2.40. The Kier molecular flexibility index (Phi) is 5.56. The molecule has 0 bridgehead atoms. The molecule has 0 aliphatic carbocycles. The van der Waals surface area contributed by atoms with Crippen LogP contribution in [0, 0.1) is 0 Å². The summed E-state index contributed by atoms with van der Waals surface area (Å²) in [4.78, 5) is 9.80. The van der Waals surface area contributed by atoms with Gasteiger partial charge in [-0.15, -0.1) is 0 Å². The first-order valence-corrected chi connectivity index (χ1v) is 14.2. The van der Waals surface area contributed by atoms with Crippen LogP contribution in [0.3, 0.4) is 0 Å². The fourth-order valence-corrected chi connectivity index (χ4v) is 5.92. The third-order valence-electron chi connectivity index (χ3n) is 7.97. The molecule has 196 valence electrons. The minimum absolute atomic E-state index is 0.320. The van der Waals surface area contributed by atoms with Crippen LogP contribution in [0.4, 0.5) is 0 Å². The van der Waals surface area contributed by atoms with E-state index in [0.717, 1.165) is 22.3 Å². The Balaban J connectivity index is 1.32. The van der Waals surface area contributed by atoms with Crippen molar-refractivity contribution in [3.63, 3.8) is 0 Å². The molecule has 8 rings (SSSR count). The van der Waals surface area contributed by atoms with Gasteiger partial charge in [0.25, 0.3) is 0 Å². The van der Waals surface area contributed by atoms with E-state index in [1.807, 2.05) is 60.7 Å². The van der Waals surface area contributed by atoms with Crippen molar-refractivity contribution in [3.05, 3.63) is 158 Å². The van der Waals surface area contributed by atoms with Crippen LogP contribution in [0.5, 0.6) is 0 Å². The second-order valence-corrected chi connectivity index (χ2v) is 10.5. The van der Waals surface area contributed by atoms with Gasteiger partial charge in [-0.3, -0.25) is 0 Å². The van der Waals surface area contributed by atoms with Crippen molar-refractivity contribution >= 4 is 32.3 Å². The SMILES string of the molecule is [2H]c1c(-c2ccccc2)nc(-c2ccccc2)nc1-c1ccc(-c2c3ccccc3cc3c2ccc2ccccc23)cc1. The van der Waals surface area contributed by atoms with E-state index in [-0.39, 0.29) is 0 Å². The third-order valence-corrected chi connectivity index (χ3v) is 7.97. The molecule has 0 aliphatic rings. The monoisotopic (exact) mass is 535 g/mol. The summed E-state index contributed by atoms with van der Waals surface area (Å²) in [6.07, 6.45) is 0. The Labute approximate surface area is 246 Å². The van der Waals surface area contributed by atoms with E-state index in [1.165, 1.54) is 37.9 Å². The molecule has 0 amide bonds. The van der Waals surface area contributed by atoms with E-state index >= 15 is 0 Å². The number of benzene rings is 7. The van der Waals surface area contributed by atoms with Crippen molar-refractivity contribution in [2.75, 3.05) is 0 Å². The number of rotatable bonds is 4. The first-order valence-electron chi connectivity index (χ1n) is 14.7.